The number of carbonyl (C=O) groups is 1. The van der Waals surface area contributed by atoms with Gasteiger partial charge in [0.25, 0.3) is 0 Å². The lowest BCUT2D eigenvalue weighted by Crippen LogP contribution is -2.37. The Morgan fingerprint density at radius 1 is 1.38 bits per heavy atom. The molecular weight excluding hydrogens is 267 g/mol. The molecule has 4 unspecified atom stereocenters. The standard InChI is InChI=1S/C17H23FN2O/c1-11(8-12-4-2-3-5-15(12)18)17(21)20-9-13-6-7-16(19)14(13)10-20/h2-5,11,13-14,16H,6-10,19H2,1H3. The Bertz CT molecular complexity index is 533. The number of hydrogen-bond donors (Lipinski definition) is 1. The number of halogens is 1. The van der Waals surface area contributed by atoms with Crippen LogP contribution in [0.25, 0.3) is 0 Å². The van der Waals surface area contributed by atoms with Crippen molar-refractivity contribution in [1.82, 2.24) is 4.90 Å². The van der Waals surface area contributed by atoms with Crippen LogP contribution in [0.5, 0.6) is 0 Å². The average molecular weight is 290 g/mol. The van der Waals surface area contributed by atoms with Crippen LogP contribution in [0.2, 0.25) is 0 Å². The molecule has 3 nitrogen and oxygen atoms in total. The zero-order valence-electron chi connectivity index (χ0n) is 12.5. The molecule has 4 heteroatoms. The Labute approximate surface area is 125 Å². The number of fused-ring (bicyclic) bond motifs is 1. The van der Waals surface area contributed by atoms with Crippen LogP contribution in [0.1, 0.15) is 25.3 Å². The van der Waals surface area contributed by atoms with Crippen LogP contribution in [0.3, 0.4) is 0 Å². The molecule has 1 aliphatic carbocycles. The minimum absolute atomic E-state index is 0.139. The molecule has 4 atom stereocenters. The van der Waals surface area contributed by atoms with Gasteiger partial charge in [0.2, 0.25) is 5.91 Å². The summed E-state index contributed by atoms with van der Waals surface area (Å²) in [6.45, 7) is 3.51. The zero-order valence-corrected chi connectivity index (χ0v) is 12.5. The third-order valence-corrected chi connectivity index (χ3v) is 5.13. The van der Waals surface area contributed by atoms with Crippen molar-refractivity contribution in [3.8, 4) is 0 Å². The average Bonchev–Trinajstić information content (AvgIpc) is 3.03. The predicted octanol–water partition coefficient (Wildman–Crippen LogP) is 2.20. The van der Waals surface area contributed by atoms with Gasteiger partial charge in [0.15, 0.2) is 0 Å². The fourth-order valence-corrected chi connectivity index (χ4v) is 3.88. The molecule has 21 heavy (non-hydrogen) atoms. The maximum atomic E-state index is 13.7. The van der Waals surface area contributed by atoms with Gasteiger partial charge in [-0.2, -0.15) is 0 Å². The fraction of sp³-hybridized carbons (Fsp3) is 0.588. The molecule has 1 heterocycles. The molecule has 3 rings (SSSR count). The Morgan fingerprint density at radius 2 is 2.14 bits per heavy atom. The van der Waals surface area contributed by atoms with Gasteiger partial charge >= 0.3 is 0 Å². The third kappa shape index (κ3) is 2.82. The van der Waals surface area contributed by atoms with E-state index in [1.165, 1.54) is 6.07 Å². The van der Waals surface area contributed by atoms with Gasteiger partial charge in [-0.1, -0.05) is 25.1 Å². The van der Waals surface area contributed by atoms with Crippen molar-refractivity contribution < 1.29 is 9.18 Å². The monoisotopic (exact) mass is 290 g/mol. The van der Waals surface area contributed by atoms with Crippen LogP contribution in [-0.4, -0.2) is 29.9 Å². The molecule has 1 aliphatic heterocycles. The van der Waals surface area contributed by atoms with Crippen LogP contribution in [0, 0.1) is 23.6 Å². The van der Waals surface area contributed by atoms with Gasteiger partial charge in [0, 0.05) is 25.0 Å². The predicted molar refractivity (Wildman–Crippen MR) is 80.0 cm³/mol. The zero-order chi connectivity index (χ0) is 15.0. The summed E-state index contributed by atoms with van der Waals surface area (Å²) in [5.41, 5.74) is 6.73. The molecule has 0 bridgehead atoms. The number of carbonyl (C=O) groups excluding carboxylic acids is 1. The third-order valence-electron chi connectivity index (χ3n) is 5.13. The van der Waals surface area contributed by atoms with Gasteiger partial charge in [0.05, 0.1) is 0 Å². The first-order chi connectivity index (χ1) is 10.1. The van der Waals surface area contributed by atoms with Gasteiger partial charge in [0.1, 0.15) is 5.82 Å². The molecule has 1 saturated carbocycles. The molecule has 114 valence electrons. The summed E-state index contributed by atoms with van der Waals surface area (Å²) in [7, 11) is 0. The van der Waals surface area contributed by atoms with Crippen molar-refractivity contribution in [1.29, 1.82) is 0 Å². The van der Waals surface area contributed by atoms with Crippen molar-refractivity contribution in [2.75, 3.05) is 13.1 Å². The molecule has 1 aromatic rings. The maximum Gasteiger partial charge on any atom is 0.225 e. The highest BCUT2D eigenvalue weighted by Crippen LogP contribution is 2.37. The number of rotatable bonds is 3. The number of nitrogens with two attached hydrogens (primary N) is 1. The van der Waals surface area contributed by atoms with E-state index >= 15 is 0 Å². The van der Waals surface area contributed by atoms with Gasteiger partial charge in [-0.25, -0.2) is 4.39 Å². The summed E-state index contributed by atoms with van der Waals surface area (Å²) >= 11 is 0. The van der Waals surface area contributed by atoms with Gasteiger partial charge in [-0.15, -0.1) is 0 Å². The number of benzene rings is 1. The van der Waals surface area contributed by atoms with Crippen LogP contribution >= 0.6 is 0 Å². The topological polar surface area (TPSA) is 46.3 Å². The van der Waals surface area contributed by atoms with Crippen molar-refractivity contribution in [3.05, 3.63) is 35.6 Å². The van der Waals surface area contributed by atoms with E-state index < -0.39 is 0 Å². The summed E-state index contributed by atoms with van der Waals surface area (Å²) in [5, 5.41) is 0. The Kier molecular flexibility index (Phi) is 3.98. The second-order valence-electron chi connectivity index (χ2n) is 6.60. The SMILES string of the molecule is CC(Cc1ccccc1F)C(=O)N1CC2CCC(N)C2C1. The van der Waals surface area contributed by atoms with Gasteiger partial charge < -0.3 is 10.6 Å². The van der Waals surface area contributed by atoms with Crippen molar-refractivity contribution in [3.63, 3.8) is 0 Å². The lowest BCUT2D eigenvalue weighted by Gasteiger charge is -2.22. The molecular formula is C17H23FN2O. The molecule has 1 saturated heterocycles. The summed E-state index contributed by atoms with van der Waals surface area (Å²) in [6, 6.07) is 6.94. The largest absolute Gasteiger partial charge is 0.342 e. The summed E-state index contributed by atoms with van der Waals surface area (Å²) in [5.74, 6) is 0.772. The second kappa shape index (κ2) is 5.76. The molecule has 0 radical (unpaired) electrons. The first-order valence-electron chi connectivity index (χ1n) is 7.84. The highest BCUT2D eigenvalue weighted by molar-refractivity contribution is 5.79. The Balaban J connectivity index is 1.62. The highest BCUT2D eigenvalue weighted by atomic mass is 19.1. The second-order valence-corrected chi connectivity index (χ2v) is 6.60. The number of nitrogens with zero attached hydrogens (tertiary/aromatic N) is 1. The summed E-state index contributed by atoms with van der Waals surface area (Å²) < 4.78 is 13.7. The number of amides is 1. The Morgan fingerprint density at radius 3 is 2.86 bits per heavy atom. The van der Waals surface area contributed by atoms with Crippen molar-refractivity contribution in [2.45, 2.75) is 32.2 Å². The van der Waals surface area contributed by atoms with Gasteiger partial charge in [-0.05, 0) is 42.7 Å². The maximum absolute atomic E-state index is 13.7. The van der Waals surface area contributed by atoms with E-state index in [4.69, 9.17) is 5.73 Å². The van der Waals surface area contributed by atoms with E-state index in [-0.39, 0.29) is 23.7 Å². The van der Waals surface area contributed by atoms with E-state index in [9.17, 15) is 9.18 Å². The Hall–Kier alpha value is -1.42. The minimum atomic E-state index is -0.225. The van der Waals surface area contributed by atoms with Gasteiger partial charge in [-0.3, -0.25) is 4.79 Å². The van der Waals surface area contributed by atoms with Crippen molar-refractivity contribution in [2.24, 2.45) is 23.5 Å². The number of hydrogen-bond acceptors (Lipinski definition) is 2. The first-order valence-corrected chi connectivity index (χ1v) is 7.84. The summed E-state index contributed by atoms with van der Waals surface area (Å²) in [4.78, 5) is 14.5. The first kappa shape index (κ1) is 14.5. The van der Waals surface area contributed by atoms with Crippen LogP contribution in [0.15, 0.2) is 24.3 Å². The van der Waals surface area contributed by atoms with E-state index in [1.807, 2.05) is 17.9 Å². The molecule has 2 aliphatic rings. The van der Waals surface area contributed by atoms with E-state index in [1.54, 1.807) is 12.1 Å². The quantitative estimate of drug-likeness (QED) is 0.927. The molecule has 2 fully saturated rings. The number of likely N-dealkylation sites (tertiary alicyclic amines) is 1. The van der Waals surface area contributed by atoms with Crippen LogP contribution < -0.4 is 5.73 Å². The van der Waals surface area contributed by atoms with E-state index in [2.05, 4.69) is 0 Å². The molecule has 2 N–H and O–H groups in total. The fourth-order valence-electron chi connectivity index (χ4n) is 3.88. The minimum Gasteiger partial charge on any atom is -0.342 e. The van der Waals surface area contributed by atoms with Crippen LogP contribution in [-0.2, 0) is 11.2 Å². The molecule has 0 spiro atoms. The van der Waals surface area contributed by atoms with E-state index in [0.717, 1.165) is 25.9 Å². The normalized spacial score (nSPS) is 29.5. The molecule has 0 aromatic heterocycles. The summed E-state index contributed by atoms with van der Waals surface area (Å²) in [6.07, 6.45) is 2.68. The van der Waals surface area contributed by atoms with Crippen LogP contribution in [0.4, 0.5) is 4.39 Å². The van der Waals surface area contributed by atoms with E-state index in [0.29, 0.717) is 23.8 Å². The molecule has 1 aromatic carbocycles. The smallest absolute Gasteiger partial charge is 0.225 e. The highest BCUT2D eigenvalue weighted by Gasteiger charge is 2.43. The van der Waals surface area contributed by atoms with Crippen molar-refractivity contribution >= 4 is 5.91 Å². The lowest BCUT2D eigenvalue weighted by atomic mass is 9.98. The lowest BCUT2D eigenvalue weighted by molar-refractivity contribution is -0.134. The molecule has 1 amide bonds.